The first kappa shape index (κ1) is 15.5. The van der Waals surface area contributed by atoms with E-state index in [0.717, 1.165) is 10.4 Å². The lowest BCUT2D eigenvalue weighted by Gasteiger charge is -2.28. The Hall–Kier alpha value is -1.93. The number of aliphatic carboxylic acids is 1. The van der Waals surface area contributed by atoms with Gasteiger partial charge in [-0.2, -0.15) is 5.10 Å². The molecule has 8 nitrogen and oxygen atoms in total. The quantitative estimate of drug-likeness (QED) is 0.761. The highest BCUT2D eigenvalue weighted by molar-refractivity contribution is 5.72. The second kappa shape index (κ2) is 7.19. The maximum Gasteiger partial charge on any atom is 0.334 e. The number of morpholine rings is 1. The molecule has 1 aromatic rings. The van der Waals surface area contributed by atoms with E-state index < -0.39 is 12.1 Å². The Labute approximate surface area is 121 Å². The number of ether oxygens (including phenoxy) is 2. The lowest BCUT2D eigenvalue weighted by molar-refractivity contribution is -0.151. The molecule has 1 unspecified atom stereocenters. The van der Waals surface area contributed by atoms with Crippen molar-refractivity contribution in [1.29, 1.82) is 0 Å². The normalized spacial score (nSPS) is 16.7. The molecule has 1 aliphatic heterocycles. The Morgan fingerprint density at radius 2 is 2.24 bits per heavy atom. The molecular weight excluding hydrogens is 278 g/mol. The van der Waals surface area contributed by atoms with E-state index in [-0.39, 0.29) is 18.7 Å². The molecule has 1 N–H and O–H groups in total. The van der Waals surface area contributed by atoms with Crippen molar-refractivity contribution in [1.82, 2.24) is 9.78 Å². The highest BCUT2D eigenvalue weighted by Crippen LogP contribution is 2.11. The largest absolute Gasteiger partial charge is 0.479 e. The standard InChI is InChI=1S/C13H19N3O5/c1-2-21-11(13(18)19)9-16-12(17)7-10(8-14-16)15-3-5-20-6-4-15/h7-8,11H,2-6,9H2,1H3,(H,18,19). The minimum absolute atomic E-state index is 0.106. The van der Waals surface area contributed by atoms with Crippen LogP contribution in [0.15, 0.2) is 17.1 Å². The Balaban J connectivity index is 2.11. The summed E-state index contributed by atoms with van der Waals surface area (Å²) in [6.45, 7) is 4.52. The van der Waals surface area contributed by atoms with E-state index in [1.807, 2.05) is 4.90 Å². The molecule has 1 aromatic heterocycles. The van der Waals surface area contributed by atoms with Gasteiger partial charge in [0.1, 0.15) is 0 Å². The smallest absolute Gasteiger partial charge is 0.334 e. The molecule has 116 valence electrons. The molecule has 2 heterocycles. The Morgan fingerprint density at radius 3 is 2.81 bits per heavy atom. The van der Waals surface area contributed by atoms with Gasteiger partial charge < -0.3 is 19.5 Å². The first-order chi connectivity index (χ1) is 10.1. The fourth-order valence-electron chi connectivity index (χ4n) is 2.12. The lowest BCUT2D eigenvalue weighted by atomic mass is 10.3. The van der Waals surface area contributed by atoms with E-state index in [0.29, 0.717) is 26.3 Å². The van der Waals surface area contributed by atoms with Gasteiger partial charge in [-0.25, -0.2) is 9.48 Å². The van der Waals surface area contributed by atoms with Crippen LogP contribution in [0.2, 0.25) is 0 Å². The van der Waals surface area contributed by atoms with E-state index in [4.69, 9.17) is 14.6 Å². The van der Waals surface area contributed by atoms with Gasteiger partial charge in [-0.3, -0.25) is 4.79 Å². The van der Waals surface area contributed by atoms with Crippen molar-refractivity contribution in [2.24, 2.45) is 0 Å². The topological polar surface area (TPSA) is 93.9 Å². The molecule has 0 radical (unpaired) electrons. The highest BCUT2D eigenvalue weighted by Gasteiger charge is 2.20. The molecule has 0 bridgehead atoms. The van der Waals surface area contributed by atoms with E-state index in [9.17, 15) is 9.59 Å². The van der Waals surface area contributed by atoms with Crippen LogP contribution in [-0.2, 0) is 20.8 Å². The molecule has 0 saturated carbocycles. The minimum atomic E-state index is -1.11. The molecule has 0 aromatic carbocycles. The van der Waals surface area contributed by atoms with Gasteiger partial charge >= 0.3 is 5.97 Å². The second-order valence-electron chi connectivity index (χ2n) is 4.62. The zero-order valence-electron chi connectivity index (χ0n) is 11.9. The average Bonchev–Trinajstić information content (AvgIpc) is 2.49. The van der Waals surface area contributed by atoms with Crippen LogP contribution in [-0.4, -0.2) is 59.9 Å². The summed E-state index contributed by atoms with van der Waals surface area (Å²) in [7, 11) is 0. The Kier molecular flexibility index (Phi) is 5.29. The third kappa shape index (κ3) is 4.02. The molecule has 21 heavy (non-hydrogen) atoms. The van der Waals surface area contributed by atoms with Gasteiger partial charge in [0, 0.05) is 25.8 Å². The summed E-state index contributed by atoms with van der Waals surface area (Å²) >= 11 is 0. The Bertz CT molecular complexity index is 539. The van der Waals surface area contributed by atoms with Gasteiger partial charge in [-0.15, -0.1) is 0 Å². The monoisotopic (exact) mass is 297 g/mol. The van der Waals surface area contributed by atoms with Gasteiger partial charge in [0.05, 0.1) is 31.6 Å². The van der Waals surface area contributed by atoms with Crippen LogP contribution in [0.5, 0.6) is 0 Å². The van der Waals surface area contributed by atoms with E-state index in [1.165, 1.54) is 6.07 Å². The summed E-state index contributed by atoms with van der Waals surface area (Å²) < 4.78 is 11.4. The van der Waals surface area contributed by atoms with E-state index >= 15 is 0 Å². The second-order valence-corrected chi connectivity index (χ2v) is 4.62. The summed E-state index contributed by atoms with van der Waals surface area (Å²) in [5.41, 5.74) is 0.382. The van der Waals surface area contributed by atoms with Gasteiger partial charge in [0.15, 0.2) is 6.10 Å². The minimum Gasteiger partial charge on any atom is -0.479 e. The van der Waals surface area contributed by atoms with Gasteiger partial charge in [0.25, 0.3) is 5.56 Å². The third-order valence-corrected chi connectivity index (χ3v) is 3.21. The van der Waals surface area contributed by atoms with Gasteiger partial charge in [0.2, 0.25) is 0 Å². The lowest BCUT2D eigenvalue weighted by Crippen LogP contribution is -2.38. The summed E-state index contributed by atoms with van der Waals surface area (Å²) in [6.07, 6.45) is 0.492. The number of rotatable bonds is 6. The number of hydrogen-bond acceptors (Lipinski definition) is 6. The van der Waals surface area contributed by atoms with Crippen molar-refractivity contribution in [2.45, 2.75) is 19.6 Å². The molecule has 1 saturated heterocycles. The molecule has 0 amide bonds. The molecule has 0 spiro atoms. The molecule has 8 heteroatoms. The van der Waals surface area contributed by atoms with Crippen molar-refractivity contribution in [3.63, 3.8) is 0 Å². The van der Waals surface area contributed by atoms with Crippen LogP contribution < -0.4 is 10.5 Å². The predicted molar refractivity (Wildman–Crippen MR) is 74.6 cm³/mol. The van der Waals surface area contributed by atoms with Crippen molar-refractivity contribution in [3.05, 3.63) is 22.6 Å². The Morgan fingerprint density at radius 1 is 1.52 bits per heavy atom. The van der Waals surface area contributed by atoms with E-state index in [2.05, 4.69) is 5.10 Å². The van der Waals surface area contributed by atoms with E-state index in [1.54, 1.807) is 13.1 Å². The average molecular weight is 297 g/mol. The summed E-state index contributed by atoms with van der Waals surface area (Å²) in [5, 5.41) is 13.1. The number of aromatic nitrogens is 2. The molecule has 0 aliphatic carbocycles. The van der Waals surface area contributed by atoms with Crippen LogP contribution in [0.3, 0.4) is 0 Å². The molecule has 1 aliphatic rings. The molecular formula is C13H19N3O5. The summed E-state index contributed by atoms with van der Waals surface area (Å²) in [6, 6.07) is 1.46. The fraction of sp³-hybridized carbons (Fsp3) is 0.615. The first-order valence-corrected chi connectivity index (χ1v) is 6.86. The van der Waals surface area contributed by atoms with Gasteiger partial charge in [-0.1, -0.05) is 0 Å². The van der Waals surface area contributed by atoms with Crippen LogP contribution in [0.1, 0.15) is 6.92 Å². The van der Waals surface area contributed by atoms with Gasteiger partial charge in [-0.05, 0) is 6.92 Å². The van der Waals surface area contributed by atoms with Crippen molar-refractivity contribution >= 4 is 11.7 Å². The number of anilines is 1. The van der Waals surface area contributed by atoms with Crippen LogP contribution in [0.25, 0.3) is 0 Å². The molecule has 2 rings (SSSR count). The number of nitrogens with zero attached hydrogens (tertiary/aromatic N) is 3. The van der Waals surface area contributed by atoms with Crippen molar-refractivity contribution in [2.75, 3.05) is 37.8 Å². The molecule has 1 atom stereocenters. The zero-order valence-corrected chi connectivity index (χ0v) is 11.9. The van der Waals surface area contributed by atoms with Crippen LogP contribution in [0.4, 0.5) is 5.69 Å². The maximum absolute atomic E-state index is 12.0. The summed E-state index contributed by atoms with van der Waals surface area (Å²) in [5.74, 6) is -1.11. The molecule has 1 fully saturated rings. The van der Waals surface area contributed by atoms with Crippen molar-refractivity contribution in [3.8, 4) is 0 Å². The predicted octanol–water partition coefficient (Wildman–Crippen LogP) is -0.430. The number of carboxylic acid groups (broad SMARTS) is 1. The van der Waals surface area contributed by atoms with Crippen LogP contribution in [0, 0.1) is 0 Å². The number of carbonyl (C=O) groups is 1. The zero-order chi connectivity index (χ0) is 15.2. The SMILES string of the molecule is CCOC(Cn1ncc(N2CCOCC2)cc1=O)C(=O)O. The first-order valence-electron chi connectivity index (χ1n) is 6.86. The number of hydrogen-bond donors (Lipinski definition) is 1. The number of carboxylic acids is 1. The highest BCUT2D eigenvalue weighted by atomic mass is 16.5. The van der Waals surface area contributed by atoms with Crippen molar-refractivity contribution < 1.29 is 19.4 Å². The summed E-state index contributed by atoms with van der Waals surface area (Å²) in [4.78, 5) is 25.1. The fourth-order valence-corrected chi connectivity index (χ4v) is 2.12. The van der Waals surface area contributed by atoms with Crippen LogP contribution >= 0.6 is 0 Å². The third-order valence-electron chi connectivity index (χ3n) is 3.21. The maximum atomic E-state index is 12.0.